The molecule has 0 spiro atoms. The van der Waals surface area contributed by atoms with Crippen LogP contribution in [0.2, 0.25) is 0 Å². The molecule has 1 N–H and O–H groups in total. The van der Waals surface area contributed by atoms with Crippen molar-refractivity contribution in [3.63, 3.8) is 0 Å². The third-order valence-corrected chi connectivity index (χ3v) is 3.73. The first-order valence-electron chi connectivity index (χ1n) is 5.47. The highest BCUT2D eigenvalue weighted by Gasteiger charge is 2.34. The molecule has 1 fully saturated rings. The summed E-state index contributed by atoms with van der Waals surface area (Å²) in [5.41, 5.74) is -0.0541. The summed E-state index contributed by atoms with van der Waals surface area (Å²) in [7, 11) is -4.67. The fourth-order valence-electron chi connectivity index (χ4n) is 2.12. The summed E-state index contributed by atoms with van der Waals surface area (Å²) in [5.74, 6) is -3.00. The number of amides is 1. The van der Waals surface area contributed by atoms with Gasteiger partial charge in [-0.05, 0) is 12.1 Å². The molecule has 0 aromatic heterocycles. The number of phenols is 1. The quantitative estimate of drug-likeness (QED) is 0.849. The molecule has 1 aromatic rings. The van der Waals surface area contributed by atoms with Crippen LogP contribution in [-0.2, 0) is 15.0 Å². The lowest BCUT2D eigenvalue weighted by molar-refractivity contribution is -0.117. The molecular weight excluding hydrogens is 280 g/mol. The van der Waals surface area contributed by atoms with Crippen molar-refractivity contribution in [3.05, 3.63) is 24.0 Å². The lowest BCUT2D eigenvalue weighted by atomic mass is 10.1. The molecule has 104 valence electrons. The van der Waals surface area contributed by atoms with Crippen LogP contribution in [0.25, 0.3) is 0 Å². The molecule has 1 unspecified atom stereocenters. The highest BCUT2D eigenvalue weighted by atomic mass is 32.3. The Balaban J connectivity index is 2.20. The van der Waals surface area contributed by atoms with Crippen molar-refractivity contribution in [3.8, 4) is 5.75 Å². The molecule has 0 bridgehead atoms. The Labute approximate surface area is 108 Å². The van der Waals surface area contributed by atoms with Gasteiger partial charge in [0, 0.05) is 24.9 Å². The number of benzene rings is 1. The van der Waals surface area contributed by atoms with Gasteiger partial charge in [0.25, 0.3) is 0 Å². The number of aromatic hydroxyl groups is 1. The van der Waals surface area contributed by atoms with Crippen molar-refractivity contribution >= 4 is 21.8 Å². The van der Waals surface area contributed by atoms with E-state index in [2.05, 4.69) is 0 Å². The molecule has 1 amide bonds. The van der Waals surface area contributed by atoms with E-state index < -0.39 is 33.6 Å². The first kappa shape index (κ1) is 13.7. The van der Waals surface area contributed by atoms with Crippen molar-refractivity contribution in [2.75, 3.05) is 17.2 Å². The summed E-state index contributed by atoms with van der Waals surface area (Å²) in [5, 5.41) is 9.08. The largest absolute Gasteiger partial charge is 0.508 e. The zero-order chi connectivity index (χ0) is 14.2. The van der Waals surface area contributed by atoms with Gasteiger partial charge in [0.2, 0.25) is 5.91 Å². The van der Waals surface area contributed by atoms with Gasteiger partial charge in [-0.15, -0.1) is 3.89 Å². The molecule has 1 aliphatic heterocycles. The van der Waals surface area contributed by atoms with Gasteiger partial charge in [0.15, 0.2) is 5.82 Å². The molecule has 0 radical (unpaired) electrons. The first-order chi connectivity index (χ1) is 8.76. The van der Waals surface area contributed by atoms with E-state index >= 15 is 0 Å². The molecule has 1 atom stereocenters. The van der Waals surface area contributed by atoms with Gasteiger partial charge in [0.05, 0.1) is 11.4 Å². The van der Waals surface area contributed by atoms with E-state index in [0.717, 1.165) is 11.0 Å². The van der Waals surface area contributed by atoms with E-state index in [1.165, 1.54) is 12.1 Å². The first-order valence-corrected chi connectivity index (χ1v) is 7.03. The maximum Gasteiger partial charge on any atom is 0.302 e. The molecule has 2 rings (SSSR count). The number of carbonyl (C=O) groups is 1. The minimum Gasteiger partial charge on any atom is -0.508 e. The maximum atomic E-state index is 13.6. The monoisotopic (exact) mass is 291 g/mol. The number of halogens is 2. The van der Waals surface area contributed by atoms with Crippen LogP contribution in [0.1, 0.15) is 6.42 Å². The van der Waals surface area contributed by atoms with E-state index in [1.54, 1.807) is 0 Å². The Morgan fingerprint density at radius 1 is 1.42 bits per heavy atom. The Morgan fingerprint density at radius 2 is 2.11 bits per heavy atom. The van der Waals surface area contributed by atoms with Crippen LogP contribution in [0.5, 0.6) is 5.75 Å². The van der Waals surface area contributed by atoms with Crippen molar-refractivity contribution < 1.29 is 26.6 Å². The predicted octanol–water partition coefficient (Wildman–Crippen LogP) is 1.18. The smallest absolute Gasteiger partial charge is 0.302 e. The van der Waals surface area contributed by atoms with Gasteiger partial charge < -0.3 is 10.0 Å². The summed E-state index contributed by atoms with van der Waals surface area (Å²) in [6.07, 6.45) is -0.149. The highest BCUT2D eigenvalue weighted by molar-refractivity contribution is 7.86. The average molecular weight is 291 g/mol. The number of carbonyl (C=O) groups excluding carboxylic acids is 1. The SMILES string of the molecule is O=C1CC(CS(=O)(=O)F)CN1c1ccc(O)cc1F. The Hall–Kier alpha value is -1.70. The van der Waals surface area contributed by atoms with E-state index in [9.17, 15) is 21.5 Å². The number of rotatable bonds is 3. The normalized spacial score (nSPS) is 20.0. The molecule has 0 aliphatic carbocycles. The molecule has 19 heavy (non-hydrogen) atoms. The van der Waals surface area contributed by atoms with Crippen molar-refractivity contribution in [1.82, 2.24) is 0 Å². The molecule has 8 heteroatoms. The fourth-order valence-corrected chi connectivity index (χ4v) is 2.91. The second kappa shape index (κ2) is 4.76. The van der Waals surface area contributed by atoms with Crippen LogP contribution in [-0.4, -0.2) is 31.7 Å². The summed E-state index contributed by atoms with van der Waals surface area (Å²) in [6.45, 7) is -0.0658. The van der Waals surface area contributed by atoms with Gasteiger partial charge in [-0.3, -0.25) is 4.79 Å². The fraction of sp³-hybridized carbons (Fsp3) is 0.364. The maximum absolute atomic E-state index is 13.6. The molecule has 1 saturated heterocycles. The van der Waals surface area contributed by atoms with Crippen LogP contribution in [0.3, 0.4) is 0 Å². The standard InChI is InChI=1S/C11H11F2NO4S/c12-9-4-8(15)1-2-10(9)14-5-7(3-11(14)16)6-19(13,17)18/h1-2,4,7,15H,3,5-6H2. The van der Waals surface area contributed by atoms with Crippen LogP contribution in [0.4, 0.5) is 14.0 Å². The molecule has 1 aliphatic rings. The third kappa shape index (κ3) is 3.19. The Bertz CT molecular complexity index is 617. The van der Waals surface area contributed by atoms with Crippen molar-refractivity contribution in [1.29, 1.82) is 0 Å². The van der Waals surface area contributed by atoms with E-state index in [0.29, 0.717) is 0 Å². The van der Waals surface area contributed by atoms with E-state index in [1.807, 2.05) is 0 Å². The average Bonchev–Trinajstić information content (AvgIpc) is 2.56. The lowest BCUT2D eigenvalue weighted by Gasteiger charge is -2.17. The molecule has 1 aromatic carbocycles. The molecule has 1 heterocycles. The number of hydrogen-bond donors (Lipinski definition) is 1. The minimum absolute atomic E-state index is 0.0541. The van der Waals surface area contributed by atoms with Crippen molar-refractivity contribution in [2.45, 2.75) is 6.42 Å². The molecule has 5 nitrogen and oxygen atoms in total. The number of anilines is 1. The summed E-state index contributed by atoms with van der Waals surface area (Å²) < 4.78 is 47.2. The highest BCUT2D eigenvalue weighted by Crippen LogP contribution is 2.30. The zero-order valence-corrected chi connectivity index (χ0v) is 10.5. The van der Waals surface area contributed by atoms with Crippen LogP contribution < -0.4 is 4.90 Å². The lowest BCUT2D eigenvalue weighted by Crippen LogP contribution is -2.26. The zero-order valence-electron chi connectivity index (χ0n) is 9.71. The van der Waals surface area contributed by atoms with Gasteiger partial charge in [0.1, 0.15) is 5.75 Å². The van der Waals surface area contributed by atoms with Gasteiger partial charge in [-0.2, -0.15) is 8.42 Å². The minimum atomic E-state index is -4.67. The summed E-state index contributed by atoms with van der Waals surface area (Å²) in [6, 6.07) is 3.28. The number of nitrogens with zero attached hydrogens (tertiary/aromatic N) is 1. The summed E-state index contributed by atoms with van der Waals surface area (Å²) >= 11 is 0. The topological polar surface area (TPSA) is 74.7 Å². The predicted molar refractivity (Wildman–Crippen MR) is 63.4 cm³/mol. The Kier molecular flexibility index (Phi) is 3.44. The van der Waals surface area contributed by atoms with E-state index in [4.69, 9.17) is 5.11 Å². The second-order valence-corrected chi connectivity index (χ2v) is 5.83. The third-order valence-electron chi connectivity index (χ3n) is 2.86. The molecule has 0 saturated carbocycles. The van der Waals surface area contributed by atoms with E-state index in [-0.39, 0.29) is 24.4 Å². The van der Waals surface area contributed by atoms with Crippen LogP contribution in [0, 0.1) is 11.7 Å². The van der Waals surface area contributed by atoms with Gasteiger partial charge >= 0.3 is 10.2 Å². The molecular formula is C11H11F2NO4S. The van der Waals surface area contributed by atoms with Crippen molar-refractivity contribution in [2.24, 2.45) is 5.92 Å². The van der Waals surface area contributed by atoms with Crippen LogP contribution >= 0.6 is 0 Å². The second-order valence-electron chi connectivity index (χ2n) is 4.42. The number of phenolic OH excluding ortho intramolecular Hbond substituents is 1. The van der Waals surface area contributed by atoms with Gasteiger partial charge in [-0.1, -0.05) is 0 Å². The van der Waals surface area contributed by atoms with Gasteiger partial charge in [-0.25, -0.2) is 4.39 Å². The van der Waals surface area contributed by atoms with Crippen LogP contribution in [0.15, 0.2) is 18.2 Å². The Morgan fingerprint density at radius 3 is 2.68 bits per heavy atom. The summed E-state index contributed by atoms with van der Waals surface area (Å²) in [4.78, 5) is 12.7. The number of hydrogen-bond acceptors (Lipinski definition) is 4.